The number of piperidine rings is 1. The third-order valence-corrected chi connectivity index (χ3v) is 3.83. The van der Waals surface area contributed by atoms with Crippen molar-refractivity contribution < 1.29 is 22.0 Å². The number of nitrogens with one attached hydrogen (secondary N) is 1. The Labute approximate surface area is 119 Å². The van der Waals surface area contributed by atoms with Crippen molar-refractivity contribution >= 4 is 5.69 Å². The predicted octanol–water partition coefficient (Wildman–Crippen LogP) is 3.35. The minimum Gasteiger partial charge on any atom is -0.364 e. The topological polar surface area (TPSA) is 15.3 Å². The van der Waals surface area contributed by atoms with Crippen LogP contribution in [0.25, 0.3) is 0 Å². The summed E-state index contributed by atoms with van der Waals surface area (Å²) in [5.41, 5.74) is -0.799. The molecule has 118 valence electrons. The lowest BCUT2D eigenvalue weighted by Gasteiger charge is -2.38. The average Bonchev–Trinajstić information content (AvgIpc) is 2.50. The summed E-state index contributed by atoms with van der Waals surface area (Å²) in [6.07, 6.45) is 2.78. The highest BCUT2D eigenvalue weighted by atomic mass is 19.2. The number of hydrogen-bond acceptors (Lipinski definition) is 2. The quantitative estimate of drug-likeness (QED) is 0.521. The van der Waals surface area contributed by atoms with E-state index in [1.807, 2.05) is 0 Å². The largest absolute Gasteiger partial charge is 0.364 e. The molecule has 0 aromatic heterocycles. The molecule has 7 heteroatoms. The van der Waals surface area contributed by atoms with Crippen LogP contribution < -0.4 is 10.2 Å². The predicted molar refractivity (Wildman–Crippen MR) is 69.8 cm³/mol. The maximum atomic E-state index is 13.9. The van der Waals surface area contributed by atoms with Gasteiger partial charge in [0.25, 0.3) is 0 Å². The molecule has 2 rings (SSSR count). The Morgan fingerprint density at radius 3 is 2.10 bits per heavy atom. The van der Waals surface area contributed by atoms with Crippen LogP contribution in [0.15, 0.2) is 0 Å². The zero-order valence-corrected chi connectivity index (χ0v) is 11.7. The molecular weight excluding hydrogens is 291 g/mol. The van der Waals surface area contributed by atoms with E-state index in [0.717, 1.165) is 6.42 Å². The normalized spacial score (nSPS) is 19.1. The number of anilines is 1. The van der Waals surface area contributed by atoms with E-state index in [2.05, 4.69) is 5.32 Å². The fourth-order valence-electron chi connectivity index (χ4n) is 2.75. The van der Waals surface area contributed by atoms with Crippen molar-refractivity contribution in [1.29, 1.82) is 0 Å². The summed E-state index contributed by atoms with van der Waals surface area (Å²) in [5.74, 6) is -9.38. The summed E-state index contributed by atoms with van der Waals surface area (Å²) in [5, 5.41) is 2.93. The van der Waals surface area contributed by atoms with Gasteiger partial charge in [0.1, 0.15) is 5.69 Å². The number of hydrogen-bond donors (Lipinski definition) is 1. The summed E-state index contributed by atoms with van der Waals surface area (Å²) < 4.78 is 67.6. The standard InChI is InChI=1S/C14H17F5N2/c1-20-6-5-8-4-2-3-7-21(8)14-12(18)10(16)9(15)11(17)13(14)19/h8,20H,2-7H2,1H3. The van der Waals surface area contributed by atoms with Crippen molar-refractivity contribution in [2.45, 2.75) is 31.7 Å². The van der Waals surface area contributed by atoms with Gasteiger partial charge in [0, 0.05) is 12.6 Å². The Balaban J connectivity index is 2.43. The van der Waals surface area contributed by atoms with Crippen molar-refractivity contribution in [3.05, 3.63) is 29.1 Å². The molecule has 1 fully saturated rings. The fraction of sp³-hybridized carbons (Fsp3) is 0.571. The van der Waals surface area contributed by atoms with Crippen molar-refractivity contribution in [2.75, 3.05) is 25.0 Å². The van der Waals surface area contributed by atoms with Gasteiger partial charge < -0.3 is 10.2 Å². The maximum Gasteiger partial charge on any atom is 0.200 e. The molecule has 0 bridgehead atoms. The number of halogens is 5. The summed E-state index contributed by atoms with van der Waals surface area (Å²) in [4.78, 5) is 1.32. The Kier molecular flexibility index (Phi) is 5.03. The minimum atomic E-state index is -2.11. The molecule has 1 aromatic carbocycles. The number of nitrogens with zero attached hydrogens (tertiary/aromatic N) is 1. The van der Waals surface area contributed by atoms with Crippen molar-refractivity contribution in [3.63, 3.8) is 0 Å². The maximum absolute atomic E-state index is 13.9. The first-order chi connectivity index (χ1) is 9.99. The molecule has 1 N–H and O–H groups in total. The highest BCUT2D eigenvalue weighted by Gasteiger charge is 2.33. The van der Waals surface area contributed by atoms with E-state index < -0.39 is 34.8 Å². The van der Waals surface area contributed by atoms with Gasteiger partial charge in [-0.25, -0.2) is 22.0 Å². The fourth-order valence-corrected chi connectivity index (χ4v) is 2.75. The Morgan fingerprint density at radius 1 is 0.952 bits per heavy atom. The molecule has 0 spiro atoms. The highest BCUT2D eigenvalue weighted by molar-refractivity contribution is 5.51. The average molecular weight is 308 g/mol. The smallest absolute Gasteiger partial charge is 0.200 e. The molecular formula is C14H17F5N2. The van der Waals surface area contributed by atoms with Gasteiger partial charge in [-0.3, -0.25) is 0 Å². The van der Waals surface area contributed by atoms with E-state index in [0.29, 0.717) is 25.8 Å². The van der Waals surface area contributed by atoms with E-state index in [1.54, 1.807) is 7.05 Å². The van der Waals surface area contributed by atoms with Gasteiger partial charge in [-0.1, -0.05) is 0 Å². The molecule has 0 amide bonds. The van der Waals surface area contributed by atoms with Crippen LogP contribution in [0.5, 0.6) is 0 Å². The molecule has 21 heavy (non-hydrogen) atoms. The first-order valence-electron chi connectivity index (χ1n) is 6.91. The van der Waals surface area contributed by atoms with Crippen LogP contribution in [-0.4, -0.2) is 26.2 Å². The van der Waals surface area contributed by atoms with Crippen LogP contribution in [0.2, 0.25) is 0 Å². The van der Waals surface area contributed by atoms with E-state index >= 15 is 0 Å². The number of rotatable bonds is 4. The van der Waals surface area contributed by atoms with Crippen LogP contribution in [0.1, 0.15) is 25.7 Å². The first kappa shape index (κ1) is 16.0. The second-order valence-corrected chi connectivity index (χ2v) is 5.15. The van der Waals surface area contributed by atoms with Crippen molar-refractivity contribution in [1.82, 2.24) is 5.32 Å². The second-order valence-electron chi connectivity index (χ2n) is 5.15. The van der Waals surface area contributed by atoms with Crippen LogP contribution in [0, 0.1) is 29.1 Å². The van der Waals surface area contributed by atoms with E-state index in [9.17, 15) is 22.0 Å². The molecule has 0 saturated carbocycles. The lowest BCUT2D eigenvalue weighted by Crippen LogP contribution is -2.42. The molecule has 0 radical (unpaired) electrons. The summed E-state index contributed by atoms with van der Waals surface area (Å²) in [7, 11) is 1.74. The SMILES string of the molecule is CNCCC1CCCCN1c1c(F)c(F)c(F)c(F)c1F. The van der Waals surface area contributed by atoms with Gasteiger partial charge >= 0.3 is 0 Å². The zero-order valence-electron chi connectivity index (χ0n) is 11.7. The van der Waals surface area contributed by atoms with Crippen LogP contribution in [0.3, 0.4) is 0 Å². The molecule has 1 unspecified atom stereocenters. The summed E-state index contributed by atoms with van der Waals surface area (Å²) in [6, 6.07) is -0.237. The van der Waals surface area contributed by atoms with E-state index in [1.165, 1.54) is 4.90 Å². The van der Waals surface area contributed by atoms with Gasteiger partial charge in [-0.05, 0) is 39.3 Å². The molecule has 0 aliphatic carbocycles. The van der Waals surface area contributed by atoms with Crippen LogP contribution in [-0.2, 0) is 0 Å². The van der Waals surface area contributed by atoms with Crippen molar-refractivity contribution in [2.24, 2.45) is 0 Å². The van der Waals surface area contributed by atoms with Gasteiger partial charge in [0.15, 0.2) is 23.3 Å². The third-order valence-electron chi connectivity index (χ3n) is 3.83. The van der Waals surface area contributed by atoms with Gasteiger partial charge in [-0.2, -0.15) is 0 Å². The lowest BCUT2D eigenvalue weighted by atomic mass is 9.98. The van der Waals surface area contributed by atoms with E-state index in [-0.39, 0.29) is 12.6 Å². The second kappa shape index (κ2) is 6.60. The molecule has 1 saturated heterocycles. The number of benzene rings is 1. The van der Waals surface area contributed by atoms with E-state index in [4.69, 9.17) is 0 Å². The van der Waals surface area contributed by atoms with Gasteiger partial charge in [0.2, 0.25) is 5.82 Å². The summed E-state index contributed by atoms with van der Waals surface area (Å²) >= 11 is 0. The molecule has 1 aliphatic rings. The monoisotopic (exact) mass is 308 g/mol. The molecule has 2 nitrogen and oxygen atoms in total. The van der Waals surface area contributed by atoms with Crippen LogP contribution >= 0.6 is 0 Å². The Bertz CT molecular complexity index is 492. The van der Waals surface area contributed by atoms with Crippen LogP contribution in [0.4, 0.5) is 27.6 Å². The molecule has 1 atom stereocenters. The highest BCUT2D eigenvalue weighted by Crippen LogP contribution is 2.34. The lowest BCUT2D eigenvalue weighted by molar-refractivity contribution is 0.365. The Hall–Kier alpha value is -1.37. The molecule has 1 aliphatic heterocycles. The third kappa shape index (κ3) is 2.97. The van der Waals surface area contributed by atoms with Crippen molar-refractivity contribution in [3.8, 4) is 0 Å². The van der Waals surface area contributed by atoms with Gasteiger partial charge in [0.05, 0.1) is 0 Å². The van der Waals surface area contributed by atoms with Gasteiger partial charge in [-0.15, -0.1) is 0 Å². The zero-order chi connectivity index (χ0) is 15.6. The first-order valence-corrected chi connectivity index (χ1v) is 6.91. The molecule has 1 heterocycles. The Morgan fingerprint density at radius 2 is 1.52 bits per heavy atom. The summed E-state index contributed by atoms with van der Waals surface area (Å²) in [6.45, 7) is 0.892. The molecule has 1 aromatic rings. The minimum absolute atomic E-state index is 0.237.